The summed E-state index contributed by atoms with van der Waals surface area (Å²) < 4.78 is 7.65. The van der Waals surface area contributed by atoms with Crippen LogP contribution in [0.4, 0.5) is 5.95 Å². The van der Waals surface area contributed by atoms with E-state index in [2.05, 4.69) is 36.0 Å². The van der Waals surface area contributed by atoms with Gasteiger partial charge in [-0.3, -0.25) is 0 Å². The highest BCUT2D eigenvalue weighted by Crippen LogP contribution is 2.25. The van der Waals surface area contributed by atoms with Crippen LogP contribution in [0.25, 0.3) is 5.69 Å². The first-order chi connectivity index (χ1) is 9.72. The number of nitrogen functional groups attached to an aromatic ring is 1. The van der Waals surface area contributed by atoms with Crippen molar-refractivity contribution in [1.29, 1.82) is 0 Å². The molecule has 2 N–H and O–H groups in total. The van der Waals surface area contributed by atoms with Crippen molar-refractivity contribution in [2.75, 3.05) is 5.73 Å². The highest BCUT2D eigenvalue weighted by atomic mass is 79.9. The second kappa shape index (κ2) is 5.25. The summed E-state index contributed by atoms with van der Waals surface area (Å²) in [7, 11) is 0. The summed E-state index contributed by atoms with van der Waals surface area (Å²) in [5.41, 5.74) is 6.39. The largest absolute Gasteiger partial charge is 0.403 e. The molecule has 3 aromatic rings. The third kappa shape index (κ3) is 2.59. The molecule has 0 aliphatic rings. The standard InChI is InChI=1S/C12H9BrN6O/c13-9-6-15-11(14)17-10(9)20-12-16-7-19(18-12)8-4-2-1-3-5-8/h1-7H,(H2,14,15,17). The molecule has 100 valence electrons. The van der Waals surface area contributed by atoms with Crippen LogP contribution in [-0.2, 0) is 0 Å². The maximum absolute atomic E-state index is 5.51. The van der Waals surface area contributed by atoms with Gasteiger partial charge < -0.3 is 10.5 Å². The van der Waals surface area contributed by atoms with Crippen molar-refractivity contribution in [3.63, 3.8) is 0 Å². The molecule has 0 saturated heterocycles. The lowest BCUT2D eigenvalue weighted by atomic mass is 10.3. The van der Waals surface area contributed by atoms with Gasteiger partial charge in [-0.1, -0.05) is 18.2 Å². The monoisotopic (exact) mass is 332 g/mol. The minimum atomic E-state index is 0.116. The number of ether oxygens (including phenoxy) is 1. The number of rotatable bonds is 3. The molecule has 0 unspecified atom stereocenters. The zero-order valence-electron chi connectivity index (χ0n) is 10.1. The van der Waals surface area contributed by atoms with E-state index < -0.39 is 0 Å². The zero-order chi connectivity index (χ0) is 13.9. The summed E-state index contributed by atoms with van der Waals surface area (Å²) >= 11 is 3.27. The Labute approximate surface area is 122 Å². The number of halogens is 1. The molecule has 2 aromatic heterocycles. The lowest BCUT2D eigenvalue weighted by molar-refractivity contribution is 0.421. The van der Waals surface area contributed by atoms with Gasteiger partial charge in [0.2, 0.25) is 11.8 Å². The first-order valence-electron chi connectivity index (χ1n) is 5.65. The molecule has 1 aromatic carbocycles. The van der Waals surface area contributed by atoms with Crippen LogP contribution in [0, 0.1) is 0 Å². The van der Waals surface area contributed by atoms with Gasteiger partial charge in [-0.2, -0.15) is 9.97 Å². The van der Waals surface area contributed by atoms with Gasteiger partial charge >= 0.3 is 6.01 Å². The van der Waals surface area contributed by atoms with Crippen molar-refractivity contribution >= 4 is 21.9 Å². The molecular formula is C12H9BrN6O. The molecule has 20 heavy (non-hydrogen) atoms. The average molecular weight is 333 g/mol. The van der Waals surface area contributed by atoms with E-state index in [-0.39, 0.29) is 17.8 Å². The molecule has 0 fully saturated rings. The summed E-state index contributed by atoms with van der Waals surface area (Å²) in [4.78, 5) is 11.9. The van der Waals surface area contributed by atoms with Crippen molar-refractivity contribution in [1.82, 2.24) is 24.7 Å². The van der Waals surface area contributed by atoms with Gasteiger partial charge in [0.1, 0.15) is 6.33 Å². The first kappa shape index (κ1) is 12.5. The summed E-state index contributed by atoms with van der Waals surface area (Å²) in [5.74, 6) is 0.383. The number of hydrogen-bond donors (Lipinski definition) is 1. The van der Waals surface area contributed by atoms with E-state index in [0.717, 1.165) is 5.69 Å². The minimum absolute atomic E-state index is 0.116. The number of nitrogens with two attached hydrogens (primary N) is 1. The van der Waals surface area contributed by atoms with Crippen LogP contribution in [0.1, 0.15) is 0 Å². The smallest absolute Gasteiger partial charge is 0.342 e. The lowest BCUT2D eigenvalue weighted by Crippen LogP contribution is -1.99. The zero-order valence-corrected chi connectivity index (χ0v) is 11.7. The fourth-order valence-electron chi connectivity index (χ4n) is 1.52. The Morgan fingerprint density at radius 2 is 1.95 bits per heavy atom. The highest BCUT2D eigenvalue weighted by Gasteiger charge is 2.10. The summed E-state index contributed by atoms with van der Waals surface area (Å²) in [6.45, 7) is 0. The van der Waals surface area contributed by atoms with Gasteiger partial charge in [0.05, 0.1) is 16.4 Å². The molecule has 0 saturated carbocycles. The van der Waals surface area contributed by atoms with E-state index >= 15 is 0 Å². The van der Waals surface area contributed by atoms with Gasteiger partial charge in [-0.25, -0.2) is 9.67 Å². The normalized spacial score (nSPS) is 10.4. The van der Waals surface area contributed by atoms with E-state index in [1.54, 1.807) is 11.0 Å². The van der Waals surface area contributed by atoms with Crippen LogP contribution >= 0.6 is 15.9 Å². The molecule has 0 spiro atoms. The second-order valence-electron chi connectivity index (χ2n) is 3.79. The molecule has 0 aliphatic heterocycles. The van der Waals surface area contributed by atoms with E-state index in [9.17, 15) is 0 Å². The molecule has 7 nitrogen and oxygen atoms in total. The van der Waals surface area contributed by atoms with Crippen LogP contribution in [0.3, 0.4) is 0 Å². The van der Waals surface area contributed by atoms with Gasteiger partial charge in [0.15, 0.2) is 0 Å². The maximum Gasteiger partial charge on any atom is 0.342 e. The SMILES string of the molecule is Nc1ncc(Br)c(Oc2ncn(-c3ccccc3)n2)n1. The van der Waals surface area contributed by atoms with E-state index in [0.29, 0.717) is 4.47 Å². The highest BCUT2D eigenvalue weighted by molar-refractivity contribution is 9.10. The van der Waals surface area contributed by atoms with Crippen LogP contribution in [0.15, 0.2) is 47.3 Å². The van der Waals surface area contributed by atoms with E-state index in [1.165, 1.54) is 6.20 Å². The van der Waals surface area contributed by atoms with Crippen LogP contribution in [-0.4, -0.2) is 24.7 Å². The molecule has 0 aliphatic carbocycles. The Balaban J connectivity index is 1.86. The third-order valence-corrected chi connectivity index (χ3v) is 2.95. The molecule has 3 rings (SSSR count). The fraction of sp³-hybridized carbons (Fsp3) is 0. The van der Waals surface area contributed by atoms with Crippen molar-refractivity contribution < 1.29 is 4.74 Å². The summed E-state index contributed by atoms with van der Waals surface area (Å²) in [6.07, 6.45) is 3.06. The number of aromatic nitrogens is 5. The second-order valence-corrected chi connectivity index (χ2v) is 4.64. The Bertz CT molecular complexity index is 730. The van der Waals surface area contributed by atoms with Crippen molar-refractivity contribution in [3.05, 3.63) is 47.3 Å². The topological polar surface area (TPSA) is 91.7 Å². The van der Waals surface area contributed by atoms with Gasteiger partial charge in [-0.05, 0) is 28.1 Å². The molecule has 0 bridgehead atoms. The number of hydrogen-bond acceptors (Lipinski definition) is 6. The average Bonchev–Trinajstić information content (AvgIpc) is 2.92. The third-order valence-electron chi connectivity index (χ3n) is 2.41. The summed E-state index contributed by atoms with van der Waals surface area (Å²) in [6, 6.07) is 9.76. The van der Waals surface area contributed by atoms with Gasteiger partial charge in [0, 0.05) is 0 Å². The predicted octanol–water partition coefficient (Wildman–Crippen LogP) is 2.19. The Morgan fingerprint density at radius 1 is 1.15 bits per heavy atom. The molecule has 8 heteroatoms. The lowest BCUT2D eigenvalue weighted by Gasteiger charge is -2.02. The Morgan fingerprint density at radius 3 is 2.75 bits per heavy atom. The van der Waals surface area contributed by atoms with Crippen molar-refractivity contribution in [2.24, 2.45) is 0 Å². The number of benzene rings is 1. The van der Waals surface area contributed by atoms with Crippen LogP contribution < -0.4 is 10.5 Å². The van der Waals surface area contributed by atoms with Crippen molar-refractivity contribution in [3.8, 4) is 17.6 Å². The molecule has 0 atom stereocenters. The minimum Gasteiger partial charge on any atom is -0.403 e. The number of para-hydroxylation sites is 1. The predicted molar refractivity (Wildman–Crippen MR) is 75.6 cm³/mol. The first-order valence-corrected chi connectivity index (χ1v) is 6.44. The molecular weight excluding hydrogens is 324 g/mol. The Kier molecular flexibility index (Phi) is 3.30. The van der Waals surface area contributed by atoms with E-state index in [1.807, 2.05) is 30.3 Å². The van der Waals surface area contributed by atoms with E-state index in [4.69, 9.17) is 10.5 Å². The Hall–Kier alpha value is -2.48. The number of anilines is 1. The maximum atomic E-state index is 5.51. The van der Waals surface area contributed by atoms with Crippen LogP contribution in [0.5, 0.6) is 11.9 Å². The summed E-state index contributed by atoms with van der Waals surface area (Å²) in [5, 5.41) is 4.21. The number of nitrogens with zero attached hydrogens (tertiary/aromatic N) is 5. The molecule has 2 heterocycles. The fourth-order valence-corrected chi connectivity index (χ4v) is 1.79. The van der Waals surface area contributed by atoms with Gasteiger partial charge in [-0.15, -0.1) is 5.10 Å². The quantitative estimate of drug-likeness (QED) is 0.790. The molecule has 0 radical (unpaired) electrons. The van der Waals surface area contributed by atoms with Crippen LogP contribution in [0.2, 0.25) is 0 Å². The molecule has 0 amide bonds. The van der Waals surface area contributed by atoms with Gasteiger partial charge in [0.25, 0.3) is 0 Å². The van der Waals surface area contributed by atoms with Crippen molar-refractivity contribution in [2.45, 2.75) is 0 Å².